The first-order valence-electron chi connectivity index (χ1n) is 37.8. The average Bonchev–Trinajstić information content (AvgIpc) is 2.57. The lowest BCUT2D eigenvalue weighted by atomic mass is 10.0. The third-order valence-corrected chi connectivity index (χ3v) is 18.5. The van der Waals surface area contributed by atoms with E-state index in [4.69, 9.17) is 37.0 Å². The number of hydrogen-bond acceptors (Lipinski definition) is 15. The van der Waals surface area contributed by atoms with Crippen molar-refractivity contribution in [2.75, 3.05) is 39.6 Å². The van der Waals surface area contributed by atoms with Crippen LogP contribution in [-0.4, -0.2) is 96.7 Å². The van der Waals surface area contributed by atoms with Crippen LogP contribution in [0.1, 0.15) is 356 Å². The summed E-state index contributed by atoms with van der Waals surface area (Å²) in [6.07, 6.45) is 55.2. The quantitative estimate of drug-likeness (QED) is 0.0169. The SMILES string of the molecule is CCCCCC/C=C\C=C/CCCCCCCC(=O)OC[C@H](COP(=O)(O)OC[C@@H](O)COP(=O)(O)OC[C@@H](COC(=O)CCCCCCCCC(C)C)OC(=O)CCCCCCCCCCC(C)C)OC(=O)CCCCCCCCCCCCCCCCCCCC. The van der Waals surface area contributed by atoms with Gasteiger partial charge in [0.15, 0.2) is 12.2 Å². The highest BCUT2D eigenvalue weighted by atomic mass is 31.2. The van der Waals surface area contributed by atoms with E-state index in [-0.39, 0.29) is 25.7 Å². The second kappa shape index (κ2) is 65.5. The highest BCUT2D eigenvalue weighted by Gasteiger charge is 2.30. The van der Waals surface area contributed by atoms with Crippen LogP contribution in [0.3, 0.4) is 0 Å². The van der Waals surface area contributed by atoms with E-state index in [0.29, 0.717) is 37.5 Å². The van der Waals surface area contributed by atoms with Crippen LogP contribution < -0.4 is 0 Å². The highest BCUT2D eigenvalue weighted by Crippen LogP contribution is 2.45. The molecule has 0 aliphatic rings. The normalized spacial score (nSPS) is 14.2. The summed E-state index contributed by atoms with van der Waals surface area (Å²) >= 11 is 0. The molecule has 5 atom stereocenters. The van der Waals surface area contributed by atoms with E-state index in [9.17, 15) is 43.2 Å². The molecule has 2 unspecified atom stereocenters. The number of hydrogen-bond donors (Lipinski definition) is 3. The van der Waals surface area contributed by atoms with Crippen molar-refractivity contribution in [3.8, 4) is 0 Å². The Balaban J connectivity index is 5.26. The monoisotopic (exact) mass is 1360 g/mol. The molecule has 0 aliphatic carbocycles. The second-order valence-electron chi connectivity index (χ2n) is 27.0. The van der Waals surface area contributed by atoms with Crippen molar-refractivity contribution in [3.63, 3.8) is 0 Å². The standard InChI is InChI=1S/C74H140O17P2/c1-7-9-11-13-15-17-19-21-23-24-25-27-29-31-33-38-46-52-58-73(78)90-69(62-84-71(76)56-50-44-37-32-30-28-26-22-20-18-16-14-12-10-8-2)64-88-92(80,81)86-60-68(75)61-87-93(82,83)89-65-70(63-85-72(77)57-51-45-41-40-43-49-55-67(5)6)91-74(79)59-53-47-39-35-34-36-42-48-54-66(3)4/h18,20,22,26,66-70,75H,7-17,19,21,23-25,27-65H2,1-6H3,(H,80,81)(H,82,83)/b20-18-,26-22-/t68-,69-,70-/m1/s1. The van der Waals surface area contributed by atoms with Gasteiger partial charge in [-0.25, -0.2) is 9.13 Å². The van der Waals surface area contributed by atoms with Crippen molar-refractivity contribution < 1.29 is 80.2 Å². The zero-order chi connectivity index (χ0) is 68.6. The molecule has 0 saturated heterocycles. The second-order valence-corrected chi connectivity index (χ2v) is 29.9. The Hall–Kier alpha value is -2.46. The zero-order valence-electron chi connectivity index (χ0n) is 60.0. The van der Waals surface area contributed by atoms with Crippen molar-refractivity contribution >= 4 is 39.5 Å². The largest absolute Gasteiger partial charge is 0.472 e. The number of aliphatic hydroxyl groups excluding tert-OH is 1. The average molecular weight is 1360 g/mol. The van der Waals surface area contributed by atoms with E-state index in [0.717, 1.165) is 116 Å². The minimum Gasteiger partial charge on any atom is -0.462 e. The predicted octanol–water partition coefficient (Wildman–Crippen LogP) is 21.1. The van der Waals surface area contributed by atoms with Gasteiger partial charge < -0.3 is 33.8 Å². The molecular weight excluding hydrogens is 1220 g/mol. The lowest BCUT2D eigenvalue weighted by molar-refractivity contribution is -0.161. The molecule has 0 saturated carbocycles. The Morgan fingerprint density at radius 3 is 0.882 bits per heavy atom. The Kier molecular flexibility index (Phi) is 63.7. The van der Waals surface area contributed by atoms with Gasteiger partial charge in [-0.2, -0.15) is 0 Å². The van der Waals surface area contributed by atoms with Gasteiger partial charge in [0.05, 0.1) is 26.4 Å². The van der Waals surface area contributed by atoms with Crippen LogP contribution in [0.4, 0.5) is 0 Å². The molecule has 0 spiro atoms. The van der Waals surface area contributed by atoms with Crippen LogP contribution in [-0.2, 0) is 65.4 Å². The van der Waals surface area contributed by atoms with Crippen molar-refractivity contribution in [2.24, 2.45) is 11.8 Å². The van der Waals surface area contributed by atoms with Gasteiger partial charge >= 0.3 is 39.5 Å². The fraction of sp³-hybridized carbons (Fsp3) is 0.892. The van der Waals surface area contributed by atoms with E-state index in [1.807, 2.05) is 0 Å². The maximum absolute atomic E-state index is 13.1. The van der Waals surface area contributed by atoms with Crippen molar-refractivity contribution in [2.45, 2.75) is 374 Å². The summed E-state index contributed by atoms with van der Waals surface area (Å²) in [6.45, 7) is 9.38. The number of phosphoric acid groups is 2. The van der Waals surface area contributed by atoms with Crippen LogP contribution in [0.15, 0.2) is 24.3 Å². The minimum absolute atomic E-state index is 0.101. The fourth-order valence-electron chi connectivity index (χ4n) is 10.8. The van der Waals surface area contributed by atoms with Gasteiger partial charge in [-0.1, -0.05) is 303 Å². The molecule has 0 aromatic carbocycles. The Morgan fingerprint density at radius 2 is 0.581 bits per heavy atom. The van der Waals surface area contributed by atoms with Crippen LogP contribution in [0, 0.1) is 11.8 Å². The number of carbonyl (C=O) groups excluding carboxylic acids is 4. The smallest absolute Gasteiger partial charge is 0.462 e. The van der Waals surface area contributed by atoms with E-state index >= 15 is 0 Å². The van der Waals surface area contributed by atoms with Gasteiger partial charge in [0, 0.05) is 25.7 Å². The lowest BCUT2D eigenvalue weighted by Gasteiger charge is -2.21. The molecule has 93 heavy (non-hydrogen) atoms. The molecule has 0 aromatic rings. The molecule has 0 radical (unpaired) electrons. The molecule has 0 bridgehead atoms. The van der Waals surface area contributed by atoms with Crippen LogP contribution >= 0.6 is 15.6 Å². The Labute approximate surface area is 567 Å². The van der Waals surface area contributed by atoms with Crippen LogP contribution in [0.5, 0.6) is 0 Å². The first-order chi connectivity index (χ1) is 44.9. The summed E-state index contributed by atoms with van der Waals surface area (Å²) in [7, 11) is -9.92. The maximum atomic E-state index is 13.1. The predicted molar refractivity (Wildman–Crippen MR) is 377 cm³/mol. The first-order valence-corrected chi connectivity index (χ1v) is 40.8. The van der Waals surface area contributed by atoms with Gasteiger partial charge in [-0.3, -0.25) is 37.3 Å². The highest BCUT2D eigenvalue weighted by molar-refractivity contribution is 7.47. The molecule has 0 fully saturated rings. The van der Waals surface area contributed by atoms with Gasteiger partial charge in [0.25, 0.3) is 0 Å². The molecule has 548 valence electrons. The number of carbonyl (C=O) groups is 4. The molecule has 0 aliphatic heterocycles. The summed E-state index contributed by atoms with van der Waals surface area (Å²) in [4.78, 5) is 72.6. The van der Waals surface area contributed by atoms with Gasteiger partial charge in [0.1, 0.15) is 19.3 Å². The number of aliphatic hydroxyl groups is 1. The number of allylic oxidation sites excluding steroid dienone is 4. The van der Waals surface area contributed by atoms with Crippen LogP contribution in [0.2, 0.25) is 0 Å². The summed E-state index contributed by atoms with van der Waals surface area (Å²) in [5.41, 5.74) is 0. The summed E-state index contributed by atoms with van der Waals surface area (Å²) < 4.78 is 68.3. The van der Waals surface area contributed by atoms with Crippen molar-refractivity contribution in [3.05, 3.63) is 24.3 Å². The van der Waals surface area contributed by atoms with Crippen molar-refractivity contribution in [1.29, 1.82) is 0 Å². The van der Waals surface area contributed by atoms with E-state index in [2.05, 4.69) is 65.8 Å². The molecule has 0 amide bonds. The maximum Gasteiger partial charge on any atom is 0.472 e. The molecule has 3 N–H and O–H groups in total. The fourth-order valence-corrected chi connectivity index (χ4v) is 12.3. The Morgan fingerprint density at radius 1 is 0.333 bits per heavy atom. The van der Waals surface area contributed by atoms with E-state index in [1.165, 1.54) is 148 Å². The first kappa shape index (κ1) is 90.5. The summed E-state index contributed by atoms with van der Waals surface area (Å²) in [5, 5.41) is 10.6. The molecule has 0 heterocycles. The molecule has 0 rings (SSSR count). The molecular formula is C74H140O17P2. The summed E-state index contributed by atoms with van der Waals surface area (Å²) in [6, 6.07) is 0. The van der Waals surface area contributed by atoms with Gasteiger partial charge in [-0.15, -0.1) is 0 Å². The third-order valence-electron chi connectivity index (χ3n) is 16.6. The molecule has 19 heteroatoms. The topological polar surface area (TPSA) is 237 Å². The third kappa shape index (κ3) is 67.9. The van der Waals surface area contributed by atoms with Crippen LogP contribution in [0.25, 0.3) is 0 Å². The minimum atomic E-state index is -4.96. The number of esters is 4. The van der Waals surface area contributed by atoms with E-state index < -0.39 is 97.5 Å². The van der Waals surface area contributed by atoms with Gasteiger partial charge in [-0.05, 0) is 63.2 Å². The van der Waals surface area contributed by atoms with Crippen molar-refractivity contribution in [1.82, 2.24) is 0 Å². The molecule has 17 nitrogen and oxygen atoms in total. The summed E-state index contributed by atoms with van der Waals surface area (Å²) in [5.74, 6) is -0.759. The van der Waals surface area contributed by atoms with E-state index in [1.54, 1.807) is 0 Å². The number of phosphoric ester groups is 2. The number of unbranched alkanes of at least 4 members (excludes halogenated alkanes) is 38. The number of ether oxygens (including phenoxy) is 4. The molecule has 0 aromatic heterocycles. The zero-order valence-corrected chi connectivity index (χ0v) is 61.8. The Bertz CT molecular complexity index is 1900. The lowest BCUT2D eigenvalue weighted by Crippen LogP contribution is -2.30. The van der Waals surface area contributed by atoms with Gasteiger partial charge in [0.2, 0.25) is 0 Å². The number of rotatable bonds is 71.